The Labute approximate surface area is 117 Å². The van der Waals surface area contributed by atoms with E-state index >= 15 is 0 Å². The van der Waals surface area contributed by atoms with E-state index < -0.39 is 25.9 Å². The molecule has 0 unspecified atom stereocenters. The van der Waals surface area contributed by atoms with Crippen molar-refractivity contribution < 1.29 is 26.1 Å². The van der Waals surface area contributed by atoms with Gasteiger partial charge in [-0.15, -0.1) is 0 Å². The average molecular weight is 324 g/mol. The van der Waals surface area contributed by atoms with Crippen LogP contribution in [-0.2, 0) is 20.1 Å². The van der Waals surface area contributed by atoms with Crippen LogP contribution in [0, 0.1) is 0 Å². The first-order valence-corrected chi connectivity index (χ1v) is 8.48. The minimum atomic E-state index is -4.23. The van der Waals surface area contributed by atoms with E-state index in [1.165, 1.54) is 32.4 Å². The Balaban J connectivity index is 3.01. The van der Waals surface area contributed by atoms with Crippen LogP contribution >= 0.6 is 0 Å². The van der Waals surface area contributed by atoms with Crippen LogP contribution in [0.15, 0.2) is 23.1 Å². The van der Waals surface area contributed by atoms with Gasteiger partial charge in [-0.3, -0.25) is 4.55 Å². The van der Waals surface area contributed by atoms with Crippen molar-refractivity contribution in [1.82, 2.24) is 4.31 Å². The van der Waals surface area contributed by atoms with E-state index in [0.717, 1.165) is 4.31 Å². The van der Waals surface area contributed by atoms with E-state index in [9.17, 15) is 16.8 Å². The van der Waals surface area contributed by atoms with Gasteiger partial charge in [0.2, 0.25) is 10.0 Å². The van der Waals surface area contributed by atoms with Gasteiger partial charge in [-0.05, 0) is 18.2 Å². The number of nitrogens with zero attached hydrogens (tertiary/aromatic N) is 1. The van der Waals surface area contributed by atoms with Gasteiger partial charge in [0, 0.05) is 13.6 Å². The van der Waals surface area contributed by atoms with Gasteiger partial charge in [0.15, 0.2) is 0 Å². The normalized spacial score (nSPS) is 12.6. The number of hydrogen-bond acceptors (Lipinski definition) is 6. The van der Waals surface area contributed by atoms with Crippen molar-refractivity contribution in [3.05, 3.63) is 18.2 Å². The third kappa shape index (κ3) is 4.07. The molecule has 1 rings (SSSR count). The summed E-state index contributed by atoms with van der Waals surface area (Å²) >= 11 is 0. The fraction of sp³-hybridized carbons (Fsp3) is 0.400. The quantitative estimate of drug-likeness (QED) is 0.547. The largest absolute Gasteiger partial charge is 0.495 e. The van der Waals surface area contributed by atoms with Crippen LogP contribution in [0.25, 0.3) is 0 Å². The second-order valence-corrected chi connectivity index (χ2v) is 7.63. The van der Waals surface area contributed by atoms with Crippen molar-refractivity contribution in [2.45, 2.75) is 4.90 Å². The highest BCUT2D eigenvalue weighted by molar-refractivity contribution is 7.89. The molecule has 0 saturated carbocycles. The molecule has 114 valence electrons. The lowest BCUT2D eigenvalue weighted by Crippen LogP contribution is -2.31. The Morgan fingerprint density at radius 2 is 1.90 bits per heavy atom. The lowest BCUT2D eigenvalue weighted by atomic mass is 10.3. The molecule has 0 aromatic heterocycles. The Bertz CT molecular complexity index is 684. The summed E-state index contributed by atoms with van der Waals surface area (Å²) in [5, 5.41) is 0. The summed E-state index contributed by atoms with van der Waals surface area (Å²) in [5.74, 6) is -0.349. The van der Waals surface area contributed by atoms with Gasteiger partial charge in [-0.1, -0.05) is 0 Å². The SMILES string of the molecule is COc1ccc(S(=O)(=O)N(C)CCS(=O)(=O)O)cc1N. The Morgan fingerprint density at radius 1 is 1.30 bits per heavy atom. The molecule has 3 N–H and O–H groups in total. The predicted molar refractivity (Wildman–Crippen MR) is 73.6 cm³/mol. The molecule has 0 atom stereocenters. The van der Waals surface area contributed by atoms with Crippen LogP contribution in [0.5, 0.6) is 5.75 Å². The van der Waals surface area contributed by atoms with E-state index in [4.69, 9.17) is 15.0 Å². The fourth-order valence-corrected chi connectivity index (χ4v) is 3.24. The zero-order valence-corrected chi connectivity index (χ0v) is 12.6. The highest BCUT2D eigenvalue weighted by Crippen LogP contribution is 2.25. The topological polar surface area (TPSA) is 127 Å². The lowest BCUT2D eigenvalue weighted by molar-refractivity contribution is 0.416. The first kappa shape index (κ1) is 16.7. The van der Waals surface area contributed by atoms with Crippen molar-refractivity contribution in [2.24, 2.45) is 0 Å². The van der Waals surface area contributed by atoms with Crippen molar-refractivity contribution in [3.63, 3.8) is 0 Å². The van der Waals surface area contributed by atoms with Crippen molar-refractivity contribution in [1.29, 1.82) is 0 Å². The number of sulfonamides is 1. The Morgan fingerprint density at radius 3 is 2.35 bits per heavy atom. The molecule has 0 aliphatic rings. The van der Waals surface area contributed by atoms with E-state index in [0.29, 0.717) is 5.75 Å². The van der Waals surface area contributed by atoms with Gasteiger partial charge in [-0.25, -0.2) is 8.42 Å². The third-order valence-electron chi connectivity index (χ3n) is 2.57. The molecule has 0 spiro atoms. The minimum Gasteiger partial charge on any atom is -0.495 e. The Hall–Kier alpha value is -1.36. The van der Waals surface area contributed by atoms with E-state index in [1.54, 1.807) is 0 Å². The summed E-state index contributed by atoms with van der Waals surface area (Å²) in [5.41, 5.74) is 5.78. The molecule has 0 saturated heterocycles. The van der Waals surface area contributed by atoms with Crippen molar-refractivity contribution in [3.8, 4) is 5.75 Å². The molecule has 0 heterocycles. The highest BCUT2D eigenvalue weighted by Gasteiger charge is 2.23. The number of nitrogens with two attached hydrogens (primary N) is 1. The van der Waals surface area contributed by atoms with Crippen molar-refractivity contribution >= 4 is 25.8 Å². The molecule has 20 heavy (non-hydrogen) atoms. The first-order chi connectivity index (χ1) is 9.08. The zero-order valence-electron chi connectivity index (χ0n) is 11.0. The molecule has 0 bridgehead atoms. The summed E-state index contributed by atoms with van der Waals surface area (Å²) in [7, 11) is -5.51. The maximum Gasteiger partial charge on any atom is 0.266 e. The molecule has 0 fully saturated rings. The maximum absolute atomic E-state index is 12.2. The first-order valence-electron chi connectivity index (χ1n) is 5.43. The van der Waals surface area contributed by atoms with E-state index in [2.05, 4.69) is 0 Å². The van der Waals surface area contributed by atoms with Crippen LogP contribution in [0.3, 0.4) is 0 Å². The second-order valence-electron chi connectivity index (χ2n) is 4.02. The Kier molecular flexibility index (Phi) is 4.97. The molecule has 1 aromatic rings. The standard InChI is InChI=1S/C10H16N2O6S2/c1-12(5-6-19(13,14)15)20(16,17)8-3-4-10(18-2)9(11)7-8/h3-4,7H,5-6,11H2,1-2H3,(H,13,14,15). The monoisotopic (exact) mass is 324 g/mol. The fourth-order valence-electron chi connectivity index (χ4n) is 1.42. The second kappa shape index (κ2) is 5.95. The maximum atomic E-state index is 12.2. The highest BCUT2D eigenvalue weighted by atomic mass is 32.2. The van der Waals surface area contributed by atoms with Gasteiger partial charge in [-0.2, -0.15) is 12.7 Å². The number of hydrogen-bond donors (Lipinski definition) is 2. The van der Waals surface area contributed by atoms with Crippen LogP contribution in [0.4, 0.5) is 5.69 Å². The van der Waals surface area contributed by atoms with Crippen LogP contribution in [0.1, 0.15) is 0 Å². The van der Waals surface area contributed by atoms with Crippen LogP contribution in [-0.4, -0.2) is 52.1 Å². The summed E-state index contributed by atoms with van der Waals surface area (Å²) in [4.78, 5) is -0.0892. The van der Waals surface area contributed by atoms with Gasteiger partial charge in [0.05, 0.1) is 23.4 Å². The lowest BCUT2D eigenvalue weighted by Gasteiger charge is -2.17. The molecule has 0 aliphatic heterocycles. The van der Waals surface area contributed by atoms with Crippen LogP contribution in [0.2, 0.25) is 0 Å². The molecule has 0 radical (unpaired) electrons. The molecule has 8 nitrogen and oxygen atoms in total. The van der Waals surface area contributed by atoms with Crippen molar-refractivity contribution in [2.75, 3.05) is 32.2 Å². The zero-order chi connectivity index (χ0) is 15.6. The minimum absolute atomic E-state index is 0.0892. The number of ether oxygens (including phenoxy) is 1. The number of methoxy groups -OCH3 is 1. The molecular weight excluding hydrogens is 308 g/mol. The molecule has 0 aliphatic carbocycles. The average Bonchev–Trinajstić information content (AvgIpc) is 2.34. The van der Waals surface area contributed by atoms with Gasteiger partial charge < -0.3 is 10.5 Å². The summed E-state index contributed by atoms with van der Waals surface area (Å²) in [6, 6.07) is 3.92. The third-order valence-corrected chi connectivity index (χ3v) is 5.12. The smallest absolute Gasteiger partial charge is 0.266 e. The summed E-state index contributed by atoms with van der Waals surface area (Å²) < 4.78 is 59.9. The summed E-state index contributed by atoms with van der Waals surface area (Å²) in [6.07, 6.45) is 0. The number of anilines is 1. The number of rotatable bonds is 6. The summed E-state index contributed by atoms with van der Waals surface area (Å²) in [6.45, 7) is -0.368. The van der Waals surface area contributed by atoms with Gasteiger partial charge >= 0.3 is 0 Å². The molecular formula is C10H16N2O6S2. The number of nitrogen functional groups attached to an aromatic ring is 1. The van der Waals surface area contributed by atoms with Gasteiger partial charge in [0.1, 0.15) is 5.75 Å². The van der Waals surface area contributed by atoms with E-state index in [-0.39, 0.29) is 17.1 Å². The van der Waals surface area contributed by atoms with E-state index in [1.807, 2.05) is 0 Å². The van der Waals surface area contributed by atoms with Gasteiger partial charge in [0.25, 0.3) is 10.1 Å². The molecule has 10 heteroatoms. The molecule has 1 aromatic carbocycles. The molecule has 0 amide bonds. The number of benzene rings is 1. The van der Waals surface area contributed by atoms with Crippen LogP contribution < -0.4 is 10.5 Å². The predicted octanol–water partition coefficient (Wildman–Crippen LogP) is -0.214.